The Labute approximate surface area is 156 Å². The predicted molar refractivity (Wildman–Crippen MR) is 90.7 cm³/mol. The van der Waals surface area contributed by atoms with Gasteiger partial charge in [0.15, 0.2) is 12.1 Å². The van der Waals surface area contributed by atoms with Crippen LogP contribution >= 0.6 is 0 Å². The Kier molecular flexibility index (Phi) is 5.61. The van der Waals surface area contributed by atoms with Crippen LogP contribution in [0.15, 0.2) is 53.5 Å². The molecule has 1 heterocycles. The third-order valence-electron chi connectivity index (χ3n) is 3.96. The average Bonchev–Trinajstić information content (AvgIpc) is 3.16. The number of carbonyl (C=O) groups is 1. The van der Waals surface area contributed by atoms with Crippen molar-refractivity contribution in [2.24, 2.45) is 4.99 Å². The number of aliphatic hydroxyl groups excluding tert-OH is 1. The highest BCUT2D eigenvalue weighted by Gasteiger charge is 2.32. The fourth-order valence-electron chi connectivity index (χ4n) is 2.50. The van der Waals surface area contributed by atoms with E-state index in [0.717, 1.165) is 24.3 Å². The third-order valence-corrected chi connectivity index (χ3v) is 3.96. The third kappa shape index (κ3) is 4.46. The summed E-state index contributed by atoms with van der Waals surface area (Å²) in [6, 6.07) is 8.26. The summed E-state index contributed by atoms with van der Waals surface area (Å²) in [6.07, 6.45) is -5.58. The van der Waals surface area contributed by atoms with E-state index in [2.05, 4.69) is 15.8 Å². The molecule has 2 aromatic carbocycles. The first-order valence-electron chi connectivity index (χ1n) is 8.12. The summed E-state index contributed by atoms with van der Waals surface area (Å²) >= 11 is 0. The van der Waals surface area contributed by atoms with Crippen LogP contribution in [0.3, 0.4) is 0 Å². The van der Waals surface area contributed by atoms with E-state index in [4.69, 9.17) is 4.84 Å². The van der Waals surface area contributed by atoms with Crippen molar-refractivity contribution in [3.63, 3.8) is 0 Å². The minimum atomic E-state index is -4.51. The Hall–Kier alpha value is -2.98. The highest BCUT2D eigenvalue weighted by molar-refractivity contribution is 5.99. The number of benzene rings is 2. The number of amides is 1. The number of nitrogens with zero attached hydrogens (tertiary/aromatic N) is 1. The number of alkyl halides is 3. The molecule has 0 radical (unpaired) electrons. The van der Waals surface area contributed by atoms with Gasteiger partial charge in [0.25, 0.3) is 5.91 Å². The Bertz CT molecular complexity index is 884. The molecule has 10 heteroatoms. The standard InChI is InChI=1S/C18H15F4N3O3/c19-13-6-4-10(5-7-13)16(27)23-14(9-26)17-24-15(25-28-17)11-2-1-3-12(8-11)18(20,21)22/h1-8,14,17,26H,9H2,(H,23,27)(H,24,25)/t14-,17?/m0/s1. The van der Waals surface area contributed by atoms with Crippen molar-refractivity contribution in [3.8, 4) is 0 Å². The molecule has 1 amide bonds. The number of hydrogen-bond donors (Lipinski definition) is 3. The first-order chi connectivity index (χ1) is 13.3. The molecule has 6 nitrogen and oxygen atoms in total. The van der Waals surface area contributed by atoms with E-state index in [1.807, 2.05) is 0 Å². The van der Waals surface area contributed by atoms with Crippen LogP contribution in [-0.2, 0) is 11.0 Å². The largest absolute Gasteiger partial charge is 0.416 e. The van der Waals surface area contributed by atoms with Gasteiger partial charge in [-0.1, -0.05) is 12.1 Å². The molecule has 1 unspecified atom stereocenters. The fraction of sp³-hybridized carbons (Fsp3) is 0.222. The van der Waals surface area contributed by atoms with Gasteiger partial charge in [-0.15, -0.1) is 0 Å². The van der Waals surface area contributed by atoms with Crippen molar-refractivity contribution in [2.45, 2.75) is 18.4 Å². The van der Waals surface area contributed by atoms with Gasteiger partial charge in [0.05, 0.1) is 12.2 Å². The summed E-state index contributed by atoms with van der Waals surface area (Å²) < 4.78 is 51.5. The lowest BCUT2D eigenvalue weighted by Gasteiger charge is -2.19. The van der Waals surface area contributed by atoms with Crippen molar-refractivity contribution in [2.75, 3.05) is 6.61 Å². The molecule has 28 heavy (non-hydrogen) atoms. The molecule has 2 aromatic rings. The summed E-state index contributed by atoms with van der Waals surface area (Å²) in [5.41, 5.74) is 1.86. The zero-order valence-corrected chi connectivity index (χ0v) is 14.2. The maximum Gasteiger partial charge on any atom is 0.416 e. The zero-order valence-electron chi connectivity index (χ0n) is 14.2. The summed E-state index contributed by atoms with van der Waals surface area (Å²) in [7, 11) is 0. The molecule has 0 saturated carbocycles. The molecule has 0 bridgehead atoms. The SMILES string of the molecule is O=C(N[C@@H](CO)C1N=C(c2cccc(C(F)(F)F)c2)NO1)c1ccc(F)cc1. The van der Waals surface area contributed by atoms with Gasteiger partial charge >= 0.3 is 6.18 Å². The van der Waals surface area contributed by atoms with Gasteiger partial charge in [-0.3, -0.25) is 4.79 Å². The Morgan fingerprint density at radius 1 is 1.25 bits per heavy atom. The number of hydroxylamine groups is 1. The maximum atomic E-state index is 12.9. The van der Waals surface area contributed by atoms with Gasteiger partial charge < -0.3 is 10.4 Å². The summed E-state index contributed by atoms with van der Waals surface area (Å²) in [4.78, 5) is 21.5. The van der Waals surface area contributed by atoms with Gasteiger partial charge in [0, 0.05) is 11.1 Å². The number of aliphatic hydroxyl groups is 1. The van der Waals surface area contributed by atoms with Crippen molar-refractivity contribution in [1.82, 2.24) is 10.8 Å². The molecule has 1 aliphatic heterocycles. The van der Waals surface area contributed by atoms with Gasteiger partial charge in [-0.25, -0.2) is 19.7 Å². The van der Waals surface area contributed by atoms with E-state index in [0.29, 0.717) is 0 Å². The first kappa shape index (κ1) is 19.8. The summed E-state index contributed by atoms with van der Waals surface area (Å²) in [5, 5.41) is 12.0. The molecular weight excluding hydrogens is 382 g/mol. The molecule has 0 saturated heterocycles. The monoisotopic (exact) mass is 397 g/mol. The van der Waals surface area contributed by atoms with Crippen LogP contribution in [0, 0.1) is 5.82 Å². The van der Waals surface area contributed by atoms with E-state index < -0.39 is 42.3 Å². The molecule has 0 aromatic heterocycles. The van der Waals surface area contributed by atoms with E-state index in [-0.39, 0.29) is 17.0 Å². The van der Waals surface area contributed by atoms with Crippen LogP contribution in [0.1, 0.15) is 21.5 Å². The number of halogens is 4. The summed E-state index contributed by atoms with van der Waals surface area (Å²) in [5.74, 6) is -1.06. The fourth-order valence-corrected chi connectivity index (χ4v) is 2.50. The highest BCUT2D eigenvalue weighted by atomic mass is 19.4. The predicted octanol–water partition coefficient (Wildman–Crippen LogP) is 2.24. The van der Waals surface area contributed by atoms with Gasteiger partial charge in [0.1, 0.15) is 11.9 Å². The normalized spacial score (nSPS) is 17.6. The van der Waals surface area contributed by atoms with E-state index in [9.17, 15) is 27.5 Å². The zero-order chi connectivity index (χ0) is 20.3. The molecule has 0 aliphatic carbocycles. The van der Waals surface area contributed by atoms with Crippen molar-refractivity contribution in [1.29, 1.82) is 0 Å². The highest BCUT2D eigenvalue weighted by Crippen LogP contribution is 2.29. The van der Waals surface area contributed by atoms with Gasteiger partial charge in [0.2, 0.25) is 0 Å². The lowest BCUT2D eigenvalue weighted by molar-refractivity contribution is -0.137. The van der Waals surface area contributed by atoms with Crippen LogP contribution in [0.25, 0.3) is 0 Å². The molecule has 0 spiro atoms. The van der Waals surface area contributed by atoms with Gasteiger partial charge in [-0.05, 0) is 36.4 Å². The quantitative estimate of drug-likeness (QED) is 0.676. The second kappa shape index (κ2) is 7.95. The molecule has 0 fully saturated rings. The molecule has 3 N–H and O–H groups in total. The minimum absolute atomic E-state index is 0.0329. The Morgan fingerprint density at radius 2 is 1.96 bits per heavy atom. The lowest BCUT2D eigenvalue weighted by atomic mass is 10.1. The van der Waals surface area contributed by atoms with Crippen molar-refractivity contribution in [3.05, 3.63) is 71.0 Å². The number of carbonyl (C=O) groups excluding carboxylic acids is 1. The first-order valence-corrected chi connectivity index (χ1v) is 8.12. The van der Waals surface area contributed by atoms with Crippen LogP contribution in [-0.4, -0.2) is 35.7 Å². The molecule has 2 atom stereocenters. The van der Waals surface area contributed by atoms with E-state index in [1.165, 1.54) is 24.3 Å². The smallest absolute Gasteiger partial charge is 0.394 e. The molecule has 1 aliphatic rings. The second-order valence-corrected chi connectivity index (χ2v) is 5.94. The van der Waals surface area contributed by atoms with Crippen LogP contribution < -0.4 is 10.8 Å². The number of aliphatic imine (C=N–C) groups is 1. The van der Waals surface area contributed by atoms with Crippen LogP contribution in [0.2, 0.25) is 0 Å². The molecule has 3 rings (SSSR count). The van der Waals surface area contributed by atoms with Gasteiger partial charge in [-0.2, -0.15) is 13.2 Å². The average molecular weight is 397 g/mol. The van der Waals surface area contributed by atoms with E-state index >= 15 is 0 Å². The number of hydrogen-bond acceptors (Lipinski definition) is 5. The van der Waals surface area contributed by atoms with Crippen molar-refractivity contribution < 1.29 is 32.3 Å². The Morgan fingerprint density at radius 3 is 2.61 bits per heavy atom. The topological polar surface area (TPSA) is 83.0 Å². The molecule has 148 valence electrons. The Balaban J connectivity index is 1.74. The second-order valence-electron chi connectivity index (χ2n) is 5.94. The lowest BCUT2D eigenvalue weighted by Crippen LogP contribution is -2.45. The number of rotatable bonds is 5. The maximum absolute atomic E-state index is 12.9. The minimum Gasteiger partial charge on any atom is -0.394 e. The van der Waals surface area contributed by atoms with E-state index in [1.54, 1.807) is 0 Å². The molecular formula is C18H15F4N3O3. The van der Waals surface area contributed by atoms with Crippen LogP contribution in [0.5, 0.6) is 0 Å². The van der Waals surface area contributed by atoms with Crippen molar-refractivity contribution >= 4 is 11.7 Å². The summed E-state index contributed by atoms with van der Waals surface area (Å²) in [6.45, 7) is -0.543. The van der Waals surface area contributed by atoms with Crippen LogP contribution in [0.4, 0.5) is 17.6 Å². The number of nitrogens with one attached hydrogen (secondary N) is 2. The number of amidine groups is 1.